The summed E-state index contributed by atoms with van der Waals surface area (Å²) in [6.07, 6.45) is 4.45. The molecule has 0 aliphatic carbocycles. The maximum Gasteiger partial charge on any atom is 0.410 e. The molecular weight excluding hydrogens is 746 g/mol. The van der Waals surface area contributed by atoms with Gasteiger partial charge in [-0.1, -0.05) is 27.7 Å². The maximum atomic E-state index is 14.7. The molecule has 0 spiro atoms. The van der Waals surface area contributed by atoms with Gasteiger partial charge in [0.2, 0.25) is 0 Å². The maximum absolute atomic E-state index is 14.7. The number of esters is 1. The van der Waals surface area contributed by atoms with Gasteiger partial charge >= 0.3 is 12.1 Å². The van der Waals surface area contributed by atoms with Crippen LogP contribution in [0.3, 0.4) is 0 Å². The van der Waals surface area contributed by atoms with Crippen LogP contribution in [-0.2, 0) is 44.6 Å². The van der Waals surface area contributed by atoms with Gasteiger partial charge in [-0.25, -0.2) is 9.78 Å². The van der Waals surface area contributed by atoms with E-state index in [0.717, 1.165) is 11.3 Å². The van der Waals surface area contributed by atoms with E-state index in [2.05, 4.69) is 9.97 Å². The number of pyridine rings is 1. The first kappa shape index (κ1) is 45.3. The lowest BCUT2D eigenvalue weighted by atomic mass is 9.73. The predicted octanol–water partition coefficient (Wildman–Crippen LogP) is 4.93. The number of hydrogen-bond donors (Lipinski definition) is 1. The van der Waals surface area contributed by atoms with E-state index < -0.39 is 83.4 Å². The molecule has 3 saturated heterocycles. The summed E-state index contributed by atoms with van der Waals surface area (Å²) in [7, 11) is 5.24. The average molecular weight is 812 g/mol. The number of ketones is 2. The van der Waals surface area contributed by atoms with Crippen LogP contribution < -0.4 is 0 Å². The number of nitrogens with zero attached hydrogens (tertiary/aromatic N) is 5. The molecule has 0 bridgehead atoms. The molecule has 2 aromatic rings. The Morgan fingerprint density at radius 1 is 1.02 bits per heavy atom. The van der Waals surface area contributed by atoms with Crippen molar-refractivity contribution in [2.45, 2.75) is 148 Å². The number of fused-ring (bicyclic) bond motifs is 1. The highest BCUT2D eigenvalue weighted by molar-refractivity contribution is 6.00. The smallest absolute Gasteiger partial charge is 0.410 e. The SMILES string of the molecule is CCC1OC(=O)[C@H](C)C(=O)[C@H](C)[C@@H](OC2O[C@H](C)C[C@H](N(C)C)[C@H]2O)[C@](C)(OC)C[C@@H](C)C(=O)[C@@H](C)[C@@H]2N(CCCCn3cnc(-c4cccnc4)c3)C(=O)OC12C. The van der Waals surface area contributed by atoms with Gasteiger partial charge in [0.1, 0.15) is 23.9 Å². The van der Waals surface area contributed by atoms with Crippen molar-refractivity contribution < 1.29 is 48.0 Å². The number of methoxy groups -OCH3 is 1. The quantitative estimate of drug-likeness (QED) is 0.184. The van der Waals surface area contributed by atoms with Crippen molar-refractivity contribution in [1.82, 2.24) is 24.3 Å². The minimum absolute atomic E-state index is 0.130. The largest absolute Gasteiger partial charge is 0.458 e. The average Bonchev–Trinajstić information content (AvgIpc) is 3.78. The molecule has 1 amide bonds. The summed E-state index contributed by atoms with van der Waals surface area (Å²) in [5.41, 5.74) is -0.938. The topological polar surface area (TPSA) is 172 Å². The van der Waals surface area contributed by atoms with Crippen LogP contribution in [0.5, 0.6) is 0 Å². The Bertz CT molecular complexity index is 1740. The number of cyclic esters (lactones) is 1. The number of ether oxygens (including phenoxy) is 5. The predicted molar refractivity (Wildman–Crippen MR) is 214 cm³/mol. The number of aromatic nitrogens is 3. The Hall–Kier alpha value is -3.76. The van der Waals surface area contributed by atoms with E-state index in [9.17, 15) is 24.3 Å². The van der Waals surface area contributed by atoms with E-state index >= 15 is 0 Å². The van der Waals surface area contributed by atoms with Gasteiger partial charge in [0.25, 0.3) is 0 Å². The zero-order chi connectivity index (χ0) is 42.7. The lowest BCUT2D eigenvalue weighted by molar-refractivity contribution is -0.295. The number of amides is 1. The number of carbonyl (C=O) groups excluding carboxylic acids is 4. The molecule has 3 aliphatic heterocycles. The van der Waals surface area contributed by atoms with E-state index in [0.29, 0.717) is 32.4 Å². The van der Waals surface area contributed by atoms with Gasteiger partial charge in [-0.2, -0.15) is 0 Å². The Kier molecular flexibility index (Phi) is 14.6. The molecule has 13 atom stereocenters. The molecule has 15 nitrogen and oxygen atoms in total. The monoisotopic (exact) mass is 811 g/mol. The van der Waals surface area contributed by atoms with Gasteiger partial charge in [-0.05, 0) is 86.0 Å². The summed E-state index contributed by atoms with van der Waals surface area (Å²) >= 11 is 0. The van der Waals surface area contributed by atoms with Crippen LogP contribution in [0.2, 0.25) is 0 Å². The second-order valence-electron chi connectivity index (χ2n) is 17.3. The molecule has 0 radical (unpaired) electrons. The summed E-state index contributed by atoms with van der Waals surface area (Å²) in [4.78, 5) is 69.0. The van der Waals surface area contributed by atoms with Crippen molar-refractivity contribution in [2.24, 2.45) is 23.7 Å². The van der Waals surface area contributed by atoms with Crippen LogP contribution >= 0.6 is 0 Å². The molecule has 5 rings (SSSR count). The number of Topliss-reactive ketones (excluding diaryl/α,β-unsaturated/α-hetero) is 2. The number of rotatable bonds is 11. The third kappa shape index (κ3) is 9.33. The number of hydrogen-bond acceptors (Lipinski definition) is 13. The molecule has 1 N–H and O–H groups in total. The van der Waals surface area contributed by atoms with Crippen LogP contribution in [-0.4, -0.2) is 135 Å². The lowest BCUT2D eigenvalue weighted by Crippen LogP contribution is -2.60. The van der Waals surface area contributed by atoms with Gasteiger partial charge < -0.3 is 43.2 Å². The van der Waals surface area contributed by atoms with Crippen molar-refractivity contribution in [1.29, 1.82) is 0 Å². The van der Waals surface area contributed by atoms with Gasteiger partial charge in [0, 0.05) is 68.1 Å². The van der Waals surface area contributed by atoms with Crippen LogP contribution in [0.25, 0.3) is 11.3 Å². The summed E-state index contributed by atoms with van der Waals surface area (Å²) < 4.78 is 33.2. The molecule has 3 unspecified atom stereocenters. The van der Waals surface area contributed by atoms with E-state index in [1.54, 1.807) is 51.3 Å². The second kappa shape index (κ2) is 18.7. The summed E-state index contributed by atoms with van der Waals surface area (Å²) in [6, 6.07) is 2.74. The highest BCUT2D eigenvalue weighted by Gasteiger charge is 2.60. The van der Waals surface area contributed by atoms with Gasteiger partial charge in [0.05, 0.1) is 35.9 Å². The first-order valence-corrected chi connectivity index (χ1v) is 20.8. The van der Waals surface area contributed by atoms with Crippen molar-refractivity contribution in [2.75, 3.05) is 27.7 Å². The van der Waals surface area contributed by atoms with E-state index in [-0.39, 0.29) is 30.8 Å². The van der Waals surface area contributed by atoms with Crippen LogP contribution in [0.15, 0.2) is 37.1 Å². The van der Waals surface area contributed by atoms with E-state index in [1.165, 1.54) is 14.0 Å². The number of unbranched alkanes of at least 4 members (excludes halogenated alkanes) is 1. The molecule has 3 aliphatic rings. The minimum atomic E-state index is -1.40. The lowest BCUT2D eigenvalue weighted by Gasteiger charge is -2.47. The summed E-state index contributed by atoms with van der Waals surface area (Å²) in [6.45, 7) is 14.9. The minimum Gasteiger partial charge on any atom is -0.458 e. The highest BCUT2D eigenvalue weighted by atomic mass is 16.7. The number of likely N-dealkylation sites (N-methyl/N-ethyl adjacent to an activating group) is 1. The first-order chi connectivity index (χ1) is 27.4. The third-order valence-electron chi connectivity index (χ3n) is 12.8. The number of carbonyl (C=O) groups is 4. The molecule has 5 heterocycles. The van der Waals surface area contributed by atoms with E-state index in [1.807, 2.05) is 62.7 Å². The summed E-state index contributed by atoms with van der Waals surface area (Å²) in [5.74, 6) is -4.95. The Balaban J connectivity index is 1.43. The van der Waals surface area contributed by atoms with Gasteiger partial charge in [-0.3, -0.25) is 19.4 Å². The van der Waals surface area contributed by atoms with E-state index in [4.69, 9.17) is 23.7 Å². The number of imidazole rings is 1. The number of aryl methyl sites for hydroxylation is 1. The van der Waals surface area contributed by atoms with Gasteiger partial charge in [0.15, 0.2) is 17.7 Å². The molecule has 0 aromatic carbocycles. The third-order valence-corrected chi connectivity index (χ3v) is 12.8. The molecule has 3 fully saturated rings. The zero-order valence-electron chi connectivity index (χ0n) is 36.1. The van der Waals surface area contributed by atoms with Crippen LogP contribution in [0.4, 0.5) is 4.79 Å². The Labute approximate surface area is 343 Å². The van der Waals surface area contributed by atoms with Crippen LogP contribution in [0, 0.1) is 23.7 Å². The number of aliphatic hydroxyl groups is 1. The zero-order valence-corrected chi connectivity index (χ0v) is 36.1. The second-order valence-corrected chi connectivity index (χ2v) is 17.3. The molecule has 322 valence electrons. The molecular formula is C43H65N5O10. The normalized spacial score (nSPS) is 36.7. The Morgan fingerprint density at radius 3 is 2.36 bits per heavy atom. The standard InChI is InChI=1S/C43H65N5O10/c1-12-33-43(8)37(48(41(53)58-43)19-14-13-18-47-23-31(45-24-47)30-16-15-17-44-22-30)27(4)34(49)25(2)21-42(7,54-11)38(28(5)35(50)29(6)39(52)56-33)57-40-36(51)32(46(9)10)20-26(3)55-40/h15-17,22-29,32-33,36-38,40,51H,12-14,18-21H2,1-11H3/t25-,26-,27-,28+,29-,32+,33?,36-,37+,38-,40?,42-,43?/m1/s1. The Morgan fingerprint density at radius 2 is 1.72 bits per heavy atom. The fourth-order valence-corrected chi connectivity index (χ4v) is 9.43. The van der Waals surface area contributed by atoms with Crippen LogP contribution in [0.1, 0.15) is 87.5 Å². The fraction of sp³-hybridized carbons (Fsp3) is 0.721. The molecule has 15 heteroatoms. The highest BCUT2D eigenvalue weighted by Crippen LogP contribution is 2.43. The first-order valence-electron chi connectivity index (χ1n) is 20.8. The van der Waals surface area contributed by atoms with Crippen molar-refractivity contribution >= 4 is 23.6 Å². The molecule has 0 saturated carbocycles. The fourth-order valence-electron chi connectivity index (χ4n) is 9.43. The molecule has 2 aromatic heterocycles. The number of aliphatic hydroxyl groups excluding tert-OH is 1. The van der Waals surface area contributed by atoms with Crippen molar-refractivity contribution in [3.63, 3.8) is 0 Å². The van der Waals surface area contributed by atoms with Crippen molar-refractivity contribution in [3.8, 4) is 11.3 Å². The van der Waals surface area contributed by atoms with Crippen molar-refractivity contribution in [3.05, 3.63) is 37.1 Å². The van der Waals surface area contributed by atoms with Gasteiger partial charge in [-0.15, -0.1) is 0 Å². The molecule has 58 heavy (non-hydrogen) atoms. The summed E-state index contributed by atoms with van der Waals surface area (Å²) in [5, 5.41) is 11.4.